The number of halogens is 1. The summed E-state index contributed by atoms with van der Waals surface area (Å²) in [4.78, 5) is 7.39. The SMILES string of the molecule is CCCOc1cccnc1N(C)CC1CC(Br)C1. The van der Waals surface area contributed by atoms with Gasteiger partial charge in [-0.2, -0.15) is 0 Å². The molecule has 2 rings (SSSR count). The fourth-order valence-corrected chi connectivity index (χ4v) is 3.33. The first-order valence-corrected chi connectivity index (χ1v) is 7.55. The Morgan fingerprint density at radius 2 is 2.28 bits per heavy atom. The van der Waals surface area contributed by atoms with E-state index in [9.17, 15) is 0 Å². The van der Waals surface area contributed by atoms with Crippen LogP contribution in [0, 0.1) is 5.92 Å². The molecule has 4 heteroatoms. The molecule has 0 aliphatic heterocycles. The molecule has 3 nitrogen and oxygen atoms in total. The van der Waals surface area contributed by atoms with E-state index in [0.717, 1.165) is 41.9 Å². The van der Waals surface area contributed by atoms with Crippen LogP contribution in [0.3, 0.4) is 0 Å². The van der Waals surface area contributed by atoms with Gasteiger partial charge in [-0.1, -0.05) is 22.9 Å². The van der Waals surface area contributed by atoms with Crippen LogP contribution in [0.15, 0.2) is 18.3 Å². The summed E-state index contributed by atoms with van der Waals surface area (Å²) in [5, 5.41) is 0. The van der Waals surface area contributed by atoms with Crippen LogP contribution in [0.2, 0.25) is 0 Å². The summed E-state index contributed by atoms with van der Waals surface area (Å²) in [5.41, 5.74) is 0. The van der Waals surface area contributed by atoms with Crippen LogP contribution in [0.1, 0.15) is 26.2 Å². The van der Waals surface area contributed by atoms with E-state index in [1.54, 1.807) is 0 Å². The summed E-state index contributed by atoms with van der Waals surface area (Å²) in [5.74, 6) is 2.64. The zero-order chi connectivity index (χ0) is 13.0. The minimum absolute atomic E-state index is 0.718. The van der Waals surface area contributed by atoms with E-state index in [4.69, 9.17) is 4.74 Å². The van der Waals surface area contributed by atoms with Crippen LogP contribution in [0.5, 0.6) is 5.75 Å². The maximum absolute atomic E-state index is 5.75. The summed E-state index contributed by atoms with van der Waals surface area (Å²) in [6, 6.07) is 3.93. The molecule has 0 radical (unpaired) electrons. The Labute approximate surface area is 118 Å². The molecule has 1 aromatic rings. The van der Waals surface area contributed by atoms with Crippen molar-refractivity contribution in [2.24, 2.45) is 5.92 Å². The number of hydrogen-bond acceptors (Lipinski definition) is 3. The molecule has 0 aromatic carbocycles. The summed E-state index contributed by atoms with van der Waals surface area (Å²) in [7, 11) is 2.10. The predicted molar refractivity (Wildman–Crippen MR) is 78.7 cm³/mol. The second-order valence-corrected chi connectivity index (χ2v) is 6.28. The molecule has 0 amide bonds. The molecule has 0 atom stereocenters. The standard InChI is InChI=1S/C14H21BrN2O/c1-3-7-18-13-5-4-6-16-14(13)17(2)10-11-8-12(15)9-11/h4-6,11-12H,3,7-10H2,1-2H3. The molecule has 0 unspecified atom stereocenters. The minimum Gasteiger partial charge on any atom is -0.490 e. The Morgan fingerprint density at radius 1 is 1.50 bits per heavy atom. The quantitative estimate of drug-likeness (QED) is 0.752. The average Bonchev–Trinajstić information content (AvgIpc) is 2.34. The highest BCUT2D eigenvalue weighted by Crippen LogP contribution is 2.35. The zero-order valence-corrected chi connectivity index (χ0v) is 12.7. The molecule has 0 spiro atoms. The number of pyridine rings is 1. The molecule has 1 aliphatic rings. The van der Waals surface area contributed by atoms with E-state index in [1.165, 1.54) is 12.8 Å². The second kappa shape index (κ2) is 6.41. The van der Waals surface area contributed by atoms with Crippen LogP contribution in [0.25, 0.3) is 0 Å². The number of alkyl halides is 1. The van der Waals surface area contributed by atoms with Crippen LogP contribution in [-0.4, -0.2) is 30.0 Å². The van der Waals surface area contributed by atoms with Gasteiger partial charge in [-0.05, 0) is 37.3 Å². The smallest absolute Gasteiger partial charge is 0.171 e. The topological polar surface area (TPSA) is 25.4 Å². The molecular formula is C14H21BrN2O. The molecule has 0 saturated heterocycles. The normalized spacial score (nSPS) is 22.4. The van der Waals surface area contributed by atoms with E-state index in [1.807, 2.05) is 18.3 Å². The number of anilines is 1. The lowest BCUT2D eigenvalue weighted by Crippen LogP contribution is -2.35. The molecule has 1 fully saturated rings. The van der Waals surface area contributed by atoms with Crippen molar-refractivity contribution in [3.8, 4) is 5.75 Å². The predicted octanol–water partition coefficient (Wildman–Crippen LogP) is 3.48. The molecule has 0 N–H and O–H groups in total. The van der Waals surface area contributed by atoms with Crippen molar-refractivity contribution in [1.29, 1.82) is 0 Å². The number of nitrogens with zero attached hydrogens (tertiary/aromatic N) is 2. The third-order valence-corrected chi connectivity index (χ3v) is 4.03. The highest BCUT2D eigenvalue weighted by Gasteiger charge is 2.28. The third kappa shape index (κ3) is 3.37. The Kier molecular flexibility index (Phi) is 4.87. The molecule has 1 saturated carbocycles. The van der Waals surface area contributed by atoms with E-state index < -0.39 is 0 Å². The van der Waals surface area contributed by atoms with Crippen molar-refractivity contribution in [3.63, 3.8) is 0 Å². The van der Waals surface area contributed by atoms with Gasteiger partial charge in [0, 0.05) is 24.6 Å². The summed E-state index contributed by atoms with van der Waals surface area (Å²) in [6.07, 6.45) is 5.38. The molecular weight excluding hydrogens is 292 g/mol. The minimum atomic E-state index is 0.718. The lowest BCUT2D eigenvalue weighted by atomic mass is 9.85. The van der Waals surface area contributed by atoms with Crippen molar-refractivity contribution >= 4 is 21.7 Å². The first-order chi connectivity index (χ1) is 8.70. The van der Waals surface area contributed by atoms with Gasteiger partial charge in [-0.3, -0.25) is 0 Å². The van der Waals surface area contributed by atoms with E-state index in [0.29, 0.717) is 0 Å². The lowest BCUT2D eigenvalue weighted by Gasteiger charge is -2.35. The van der Waals surface area contributed by atoms with Gasteiger partial charge in [-0.25, -0.2) is 4.98 Å². The molecule has 100 valence electrons. The van der Waals surface area contributed by atoms with Crippen molar-refractivity contribution < 1.29 is 4.74 Å². The zero-order valence-electron chi connectivity index (χ0n) is 11.1. The molecule has 1 heterocycles. The molecule has 1 aliphatic carbocycles. The van der Waals surface area contributed by atoms with Crippen molar-refractivity contribution in [2.75, 3.05) is 25.1 Å². The number of aromatic nitrogens is 1. The maximum Gasteiger partial charge on any atom is 0.171 e. The fraction of sp³-hybridized carbons (Fsp3) is 0.643. The van der Waals surface area contributed by atoms with E-state index >= 15 is 0 Å². The van der Waals surface area contributed by atoms with Gasteiger partial charge in [0.15, 0.2) is 11.6 Å². The number of rotatable bonds is 6. The summed E-state index contributed by atoms with van der Waals surface area (Å²) < 4.78 is 5.75. The monoisotopic (exact) mass is 312 g/mol. The van der Waals surface area contributed by atoms with Gasteiger partial charge >= 0.3 is 0 Å². The third-order valence-electron chi connectivity index (χ3n) is 3.28. The van der Waals surface area contributed by atoms with E-state index in [-0.39, 0.29) is 0 Å². The van der Waals surface area contributed by atoms with Crippen LogP contribution >= 0.6 is 15.9 Å². The van der Waals surface area contributed by atoms with Crippen molar-refractivity contribution in [1.82, 2.24) is 4.98 Å². The lowest BCUT2D eigenvalue weighted by molar-refractivity contribution is 0.312. The highest BCUT2D eigenvalue weighted by molar-refractivity contribution is 9.09. The Hall–Kier alpha value is -0.770. The molecule has 18 heavy (non-hydrogen) atoms. The van der Waals surface area contributed by atoms with Crippen LogP contribution in [0.4, 0.5) is 5.82 Å². The summed E-state index contributed by atoms with van der Waals surface area (Å²) in [6.45, 7) is 3.92. The number of hydrogen-bond donors (Lipinski definition) is 0. The first-order valence-electron chi connectivity index (χ1n) is 6.63. The van der Waals surface area contributed by atoms with Crippen molar-refractivity contribution in [3.05, 3.63) is 18.3 Å². The Morgan fingerprint density at radius 3 is 2.94 bits per heavy atom. The van der Waals surface area contributed by atoms with Crippen molar-refractivity contribution in [2.45, 2.75) is 31.0 Å². The Balaban J connectivity index is 1.97. The molecule has 0 bridgehead atoms. The van der Waals surface area contributed by atoms with E-state index in [2.05, 4.69) is 39.8 Å². The highest BCUT2D eigenvalue weighted by atomic mass is 79.9. The Bertz CT molecular complexity index is 380. The number of ether oxygens (including phenoxy) is 1. The van der Waals surface area contributed by atoms with Crippen LogP contribution in [-0.2, 0) is 0 Å². The van der Waals surface area contributed by atoms with Gasteiger partial charge in [-0.15, -0.1) is 0 Å². The van der Waals surface area contributed by atoms with Gasteiger partial charge in [0.25, 0.3) is 0 Å². The fourth-order valence-electron chi connectivity index (χ4n) is 2.27. The maximum atomic E-state index is 5.75. The largest absolute Gasteiger partial charge is 0.490 e. The van der Waals surface area contributed by atoms with Gasteiger partial charge in [0.2, 0.25) is 0 Å². The average molecular weight is 313 g/mol. The van der Waals surface area contributed by atoms with Gasteiger partial charge in [0.1, 0.15) is 0 Å². The second-order valence-electron chi connectivity index (χ2n) is 4.99. The van der Waals surface area contributed by atoms with Gasteiger partial charge in [0.05, 0.1) is 6.61 Å². The van der Waals surface area contributed by atoms with Crippen LogP contribution < -0.4 is 9.64 Å². The van der Waals surface area contributed by atoms with Gasteiger partial charge < -0.3 is 9.64 Å². The first kappa shape index (κ1) is 13.7. The summed E-state index contributed by atoms with van der Waals surface area (Å²) >= 11 is 3.64. The molecule has 1 aromatic heterocycles.